The van der Waals surface area contributed by atoms with E-state index in [2.05, 4.69) is 4.98 Å². The summed E-state index contributed by atoms with van der Waals surface area (Å²) in [5.41, 5.74) is 0.694. The maximum atomic E-state index is 12.5. The van der Waals surface area contributed by atoms with Gasteiger partial charge >= 0.3 is 6.09 Å². The van der Waals surface area contributed by atoms with E-state index in [0.29, 0.717) is 29.5 Å². The van der Waals surface area contributed by atoms with Gasteiger partial charge in [-0.3, -0.25) is 4.79 Å². The van der Waals surface area contributed by atoms with Gasteiger partial charge in [-0.25, -0.2) is 14.7 Å². The first-order chi connectivity index (χ1) is 12.8. The Hall–Kier alpha value is -3.09. The van der Waals surface area contributed by atoms with Crippen LogP contribution in [0.5, 0.6) is 17.4 Å². The Bertz CT molecular complexity index is 856. The number of ether oxygens (including phenoxy) is 3. The molecule has 2 amide bonds. The first-order valence-corrected chi connectivity index (χ1v) is 8.63. The van der Waals surface area contributed by atoms with E-state index in [4.69, 9.17) is 14.2 Å². The van der Waals surface area contributed by atoms with Gasteiger partial charge in [-0.1, -0.05) is 0 Å². The summed E-state index contributed by atoms with van der Waals surface area (Å²) in [6.45, 7) is 5.29. The van der Waals surface area contributed by atoms with Crippen LogP contribution in [-0.2, 0) is 16.0 Å². The lowest BCUT2D eigenvalue weighted by atomic mass is 10.0. The first kappa shape index (κ1) is 18.7. The number of hydrogen-bond donors (Lipinski definition) is 0. The molecule has 1 aliphatic heterocycles. The third kappa shape index (κ3) is 4.36. The van der Waals surface area contributed by atoms with Gasteiger partial charge in [0, 0.05) is 12.5 Å². The van der Waals surface area contributed by atoms with Crippen LogP contribution in [0.4, 0.5) is 10.5 Å². The second kappa shape index (κ2) is 7.26. The molecule has 7 nitrogen and oxygen atoms in total. The molecule has 142 valence electrons. The van der Waals surface area contributed by atoms with Gasteiger partial charge < -0.3 is 14.2 Å². The maximum absolute atomic E-state index is 12.5. The number of benzene rings is 1. The van der Waals surface area contributed by atoms with Crippen molar-refractivity contribution in [2.45, 2.75) is 39.2 Å². The fraction of sp³-hybridized carbons (Fsp3) is 0.350. The molecule has 0 aliphatic carbocycles. The van der Waals surface area contributed by atoms with Gasteiger partial charge in [0.25, 0.3) is 0 Å². The summed E-state index contributed by atoms with van der Waals surface area (Å²) in [4.78, 5) is 29.9. The number of carbonyl (C=O) groups is 2. The molecule has 0 saturated carbocycles. The highest BCUT2D eigenvalue weighted by atomic mass is 16.6. The van der Waals surface area contributed by atoms with Gasteiger partial charge in [-0.05, 0) is 57.0 Å². The molecule has 0 spiro atoms. The predicted molar refractivity (Wildman–Crippen MR) is 99.3 cm³/mol. The van der Waals surface area contributed by atoms with Gasteiger partial charge in [0.1, 0.15) is 17.1 Å². The molecule has 27 heavy (non-hydrogen) atoms. The molecular formula is C20H22N2O5. The Labute approximate surface area is 157 Å². The van der Waals surface area contributed by atoms with E-state index >= 15 is 0 Å². The minimum absolute atomic E-state index is 0.236. The summed E-state index contributed by atoms with van der Waals surface area (Å²) in [5.74, 6) is 1.38. The van der Waals surface area contributed by atoms with Crippen molar-refractivity contribution in [3.8, 4) is 17.4 Å². The minimum atomic E-state index is -0.681. The average molecular weight is 370 g/mol. The highest BCUT2D eigenvalue weighted by molar-refractivity contribution is 6.14. The van der Waals surface area contributed by atoms with Crippen molar-refractivity contribution in [2.24, 2.45) is 0 Å². The van der Waals surface area contributed by atoms with E-state index in [1.54, 1.807) is 58.3 Å². The van der Waals surface area contributed by atoms with Crippen LogP contribution in [0.1, 0.15) is 32.8 Å². The molecule has 0 bridgehead atoms. The van der Waals surface area contributed by atoms with Crippen LogP contribution in [-0.4, -0.2) is 29.7 Å². The number of aromatic nitrogens is 1. The minimum Gasteiger partial charge on any atom is -0.481 e. The van der Waals surface area contributed by atoms with Crippen LogP contribution in [0.25, 0.3) is 0 Å². The highest BCUT2D eigenvalue weighted by Crippen LogP contribution is 2.33. The SMILES string of the molecule is COc1ccc(Oc2ccc3c(c2)CCC(=O)N3C(=O)OC(C)(C)C)cn1. The molecule has 0 saturated heterocycles. The van der Waals surface area contributed by atoms with Crippen molar-refractivity contribution < 1.29 is 23.8 Å². The highest BCUT2D eigenvalue weighted by Gasteiger charge is 2.33. The summed E-state index contributed by atoms with van der Waals surface area (Å²) >= 11 is 0. The van der Waals surface area contributed by atoms with E-state index in [0.717, 1.165) is 10.5 Å². The zero-order chi connectivity index (χ0) is 19.6. The second-order valence-corrected chi connectivity index (χ2v) is 7.14. The maximum Gasteiger partial charge on any atom is 0.421 e. The van der Waals surface area contributed by atoms with Crippen molar-refractivity contribution in [1.29, 1.82) is 0 Å². The molecule has 0 N–H and O–H groups in total. The number of nitrogens with zero attached hydrogens (tertiary/aromatic N) is 2. The predicted octanol–water partition coefficient (Wildman–Crippen LogP) is 4.10. The molecule has 0 unspecified atom stereocenters. The molecule has 0 atom stereocenters. The van der Waals surface area contributed by atoms with Gasteiger partial charge in [-0.15, -0.1) is 0 Å². The van der Waals surface area contributed by atoms with Crippen LogP contribution < -0.4 is 14.4 Å². The molecule has 1 aromatic heterocycles. The summed E-state index contributed by atoms with van der Waals surface area (Å²) in [6.07, 6.45) is 1.67. The smallest absolute Gasteiger partial charge is 0.421 e. The molecule has 0 radical (unpaired) electrons. The molecule has 7 heteroatoms. The molecular weight excluding hydrogens is 348 g/mol. The van der Waals surface area contributed by atoms with Gasteiger partial charge in [-0.2, -0.15) is 0 Å². The van der Waals surface area contributed by atoms with Crippen molar-refractivity contribution in [1.82, 2.24) is 4.98 Å². The number of methoxy groups -OCH3 is 1. The number of carbonyl (C=O) groups excluding carboxylic acids is 2. The largest absolute Gasteiger partial charge is 0.481 e. The lowest BCUT2D eigenvalue weighted by Gasteiger charge is -2.30. The normalized spacial score (nSPS) is 13.8. The quantitative estimate of drug-likeness (QED) is 0.809. The summed E-state index contributed by atoms with van der Waals surface area (Å²) < 4.78 is 16.2. The number of aryl methyl sites for hydroxylation is 1. The standard InChI is InChI=1S/C20H22N2O5/c1-20(2,3)27-19(24)22-16-8-6-14(11-13(16)5-10-18(22)23)26-15-7-9-17(25-4)21-12-15/h6-9,11-12H,5,10H2,1-4H3. The third-order valence-corrected chi connectivity index (χ3v) is 3.88. The van der Waals surface area contributed by atoms with E-state index in [-0.39, 0.29) is 12.3 Å². The monoisotopic (exact) mass is 370 g/mol. The summed E-state index contributed by atoms with van der Waals surface area (Å²) in [6, 6.07) is 8.68. The van der Waals surface area contributed by atoms with E-state index in [1.165, 1.54) is 0 Å². The number of imide groups is 1. The van der Waals surface area contributed by atoms with Crippen LogP contribution in [0.2, 0.25) is 0 Å². The van der Waals surface area contributed by atoms with Crippen molar-refractivity contribution in [3.05, 3.63) is 42.1 Å². The zero-order valence-electron chi connectivity index (χ0n) is 15.8. The van der Waals surface area contributed by atoms with Crippen LogP contribution in [0.3, 0.4) is 0 Å². The Balaban J connectivity index is 1.83. The Morgan fingerprint density at radius 3 is 2.48 bits per heavy atom. The fourth-order valence-electron chi connectivity index (χ4n) is 2.72. The van der Waals surface area contributed by atoms with Crippen LogP contribution in [0.15, 0.2) is 36.5 Å². The Morgan fingerprint density at radius 1 is 1.11 bits per heavy atom. The molecule has 1 aliphatic rings. The lowest BCUT2D eigenvalue weighted by Crippen LogP contribution is -2.43. The van der Waals surface area contributed by atoms with Crippen LogP contribution >= 0.6 is 0 Å². The molecule has 2 aromatic rings. The van der Waals surface area contributed by atoms with Gasteiger partial charge in [0.05, 0.1) is 19.0 Å². The van der Waals surface area contributed by atoms with Crippen molar-refractivity contribution in [3.63, 3.8) is 0 Å². The number of pyridine rings is 1. The van der Waals surface area contributed by atoms with E-state index < -0.39 is 11.7 Å². The molecule has 1 aromatic carbocycles. The third-order valence-electron chi connectivity index (χ3n) is 3.88. The number of anilines is 1. The van der Waals surface area contributed by atoms with Crippen LogP contribution in [0, 0.1) is 0 Å². The lowest BCUT2D eigenvalue weighted by molar-refractivity contribution is -0.118. The Kier molecular flexibility index (Phi) is 5.03. The number of hydrogen-bond acceptors (Lipinski definition) is 6. The number of rotatable bonds is 3. The summed E-state index contributed by atoms with van der Waals surface area (Å²) in [5, 5.41) is 0. The van der Waals surface area contributed by atoms with Crippen molar-refractivity contribution >= 4 is 17.7 Å². The fourth-order valence-corrected chi connectivity index (χ4v) is 2.72. The van der Waals surface area contributed by atoms with Crippen molar-refractivity contribution in [2.75, 3.05) is 12.0 Å². The number of amides is 2. The Morgan fingerprint density at radius 2 is 1.85 bits per heavy atom. The topological polar surface area (TPSA) is 78.0 Å². The number of fused-ring (bicyclic) bond motifs is 1. The first-order valence-electron chi connectivity index (χ1n) is 8.63. The average Bonchev–Trinajstić information content (AvgIpc) is 2.61. The van der Waals surface area contributed by atoms with E-state index in [1.807, 2.05) is 6.07 Å². The van der Waals surface area contributed by atoms with E-state index in [9.17, 15) is 9.59 Å². The molecule has 0 fully saturated rings. The molecule has 3 rings (SSSR count). The summed E-state index contributed by atoms with van der Waals surface area (Å²) in [7, 11) is 1.55. The van der Waals surface area contributed by atoms with Gasteiger partial charge in [0.2, 0.25) is 11.8 Å². The second-order valence-electron chi connectivity index (χ2n) is 7.14. The zero-order valence-corrected chi connectivity index (χ0v) is 15.8. The van der Waals surface area contributed by atoms with Gasteiger partial charge in [0.15, 0.2) is 0 Å². The molecule has 2 heterocycles.